The molecule has 108 valence electrons. The first kappa shape index (κ1) is 17.4. The number of nitrogens with one attached hydrogen (secondary N) is 1. The molecule has 0 aliphatic rings. The summed E-state index contributed by atoms with van der Waals surface area (Å²) in [5.74, 6) is -0.144. The van der Waals surface area contributed by atoms with Crippen molar-refractivity contribution in [2.24, 2.45) is 11.1 Å². The Kier molecular flexibility index (Phi) is 7.47. The molecule has 0 atom stereocenters. The zero-order valence-corrected chi connectivity index (χ0v) is 12.5. The lowest BCUT2D eigenvalue weighted by Crippen LogP contribution is -2.47. The lowest BCUT2D eigenvalue weighted by Gasteiger charge is -2.30. The summed E-state index contributed by atoms with van der Waals surface area (Å²) in [6, 6.07) is 0. The fraction of sp³-hybridized carbons (Fsp3) is 0.917. The molecule has 0 fully saturated rings. The van der Waals surface area contributed by atoms with Gasteiger partial charge in [-0.05, 0) is 12.8 Å². The summed E-state index contributed by atoms with van der Waals surface area (Å²) in [6.07, 6.45) is 4.41. The van der Waals surface area contributed by atoms with E-state index in [1.165, 1.54) is 0 Å². The second-order valence-corrected chi connectivity index (χ2v) is 7.13. The molecule has 0 rings (SSSR count). The molecule has 3 N–H and O–H groups in total. The summed E-state index contributed by atoms with van der Waals surface area (Å²) < 4.78 is 22.0. The second-order valence-electron chi connectivity index (χ2n) is 4.87. The van der Waals surface area contributed by atoms with Crippen LogP contribution in [0.3, 0.4) is 0 Å². The van der Waals surface area contributed by atoms with Crippen LogP contribution in [-0.4, -0.2) is 39.4 Å². The number of rotatable bonds is 9. The molecule has 5 nitrogen and oxygen atoms in total. The van der Waals surface area contributed by atoms with E-state index in [0.717, 1.165) is 31.9 Å². The fourth-order valence-corrected chi connectivity index (χ4v) is 2.62. The summed E-state index contributed by atoms with van der Waals surface area (Å²) in [6.45, 7) is 4.50. The van der Waals surface area contributed by atoms with Crippen molar-refractivity contribution in [2.75, 3.05) is 25.1 Å². The van der Waals surface area contributed by atoms with Crippen LogP contribution in [0, 0.1) is 5.41 Å². The van der Waals surface area contributed by atoms with E-state index in [1.807, 2.05) is 13.8 Å². The third-order valence-corrected chi connectivity index (χ3v) is 4.03. The van der Waals surface area contributed by atoms with Gasteiger partial charge in [-0.15, -0.1) is 0 Å². The molecular weight excluding hydrogens is 252 g/mol. The van der Waals surface area contributed by atoms with Gasteiger partial charge in [0.2, 0.25) is 5.91 Å². The third-order valence-electron chi connectivity index (χ3n) is 3.09. The number of hydrogen-bond donors (Lipinski definition) is 2. The van der Waals surface area contributed by atoms with Crippen LogP contribution in [-0.2, 0) is 14.6 Å². The Labute approximate surface area is 110 Å². The van der Waals surface area contributed by atoms with Crippen molar-refractivity contribution in [3.63, 3.8) is 0 Å². The molecule has 1 amide bonds. The average molecular weight is 278 g/mol. The number of amides is 1. The van der Waals surface area contributed by atoms with Crippen molar-refractivity contribution in [1.29, 1.82) is 0 Å². The minimum absolute atomic E-state index is 0.0301. The van der Waals surface area contributed by atoms with Crippen molar-refractivity contribution in [3.8, 4) is 0 Å². The highest BCUT2D eigenvalue weighted by atomic mass is 32.2. The third kappa shape index (κ3) is 5.82. The van der Waals surface area contributed by atoms with Crippen LogP contribution in [0.25, 0.3) is 0 Å². The van der Waals surface area contributed by atoms with Gasteiger partial charge in [0.1, 0.15) is 9.84 Å². The topological polar surface area (TPSA) is 89.3 Å². The lowest BCUT2D eigenvalue weighted by atomic mass is 9.78. The first-order valence-corrected chi connectivity index (χ1v) is 8.53. The van der Waals surface area contributed by atoms with Gasteiger partial charge < -0.3 is 11.1 Å². The van der Waals surface area contributed by atoms with Crippen LogP contribution in [0.2, 0.25) is 0 Å². The number of hydrogen-bond acceptors (Lipinski definition) is 4. The molecule has 0 saturated heterocycles. The minimum Gasteiger partial charge on any atom is -0.355 e. The molecule has 0 unspecified atom stereocenters. The lowest BCUT2D eigenvalue weighted by molar-refractivity contribution is -0.131. The second kappa shape index (κ2) is 7.74. The zero-order chi connectivity index (χ0) is 14.2. The molecule has 0 aromatic rings. The van der Waals surface area contributed by atoms with E-state index in [-0.39, 0.29) is 18.2 Å². The largest absolute Gasteiger partial charge is 0.355 e. The van der Waals surface area contributed by atoms with Gasteiger partial charge in [-0.2, -0.15) is 0 Å². The highest BCUT2D eigenvalue weighted by Crippen LogP contribution is 2.28. The van der Waals surface area contributed by atoms with Gasteiger partial charge in [0.15, 0.2) is 0 Å². The summed E-state index contributed by atoms with van der Waals surface area (Å²) in [5, 5.41) is 2.70. The predicted molar refractivity (Wildman–Crippen MR) is 74.0 cm³/mol. The van der Waals surface area contributed by atoms with Crippen molar-refractivity contribution >= 4 is 15.7 Å². The summed E-state index contributed by atoms with van der Waals surface area (Å²) in [5.41, 5.74) is 5.22. The fourth-order valence-electron chi connectivity index (χ4n) is 2.14. The molecule has 0 heterocycles. The monoisotopic (exact) mass is 278 g/mol. The van der Waals surface area contributed by atoms with Gasteiger partial charge in [0.05, 0.1) is 11.2 Å². The smallest absolute Gasteiger partial charge is 0.227 e. The molecule has 0 aromatic carbocycles. The van der Waals surface area contributed by atoms with E-state index < -0.39 is 15.3 Å². The van der Waals surface area contributed by atoms with Crippen molar-refractivity contribution in [3.05, 3.63) is 0 Å². The molecule has 6 heteroatoms. The molecule has 0 aliphatic heterocycles. The molecular formula is C12H26N2O3S. The van der Waals surface area contributed by atoms with E-state index in [1.54, 1.807) is 0 Å². The Morgan fingerprint density at radius 2 is 1.72 bits per heavy atom. The van der Waals surface area contributed by atoms with Crippen LogP contribution in [0.4, 0.5) is 0 Å². The van der Waals surface area contributed by atoms with E-state index >= 15 is 0 Å². The van der Waals surface area contributed by atoms with Crippen molar-refractivity contribution in [1.82, 2.24) is 5.32 Å². The zero-order valence-electron chi connectivity index (χ0n) is 11.7. The van der Waals surface area contributed by atoms with Crippen molar-refractivity contribution < 1.29 is 13.2 Å². The van der Waals surface area contributed by atoms with Gasteiger partial charge in [-0.25, -0.2) is 8.42 Å². The van der Waals surface area contributed by atoms with Gasteiger partial charge in [-0.1, -0.05) is 26.7 Å². The first-order chi connectivity index (χ1) is 8.31. The number of sulfone groups is 1. The average Bonchev–Trinajstić information content (AvgIpc) is 2.26. The van der Waals surface area contributed by atoms with Crippen LogP contribution >= 0.6 is 0 Å². The Bertz CT molecular complexity index is 346. The van der Waals surface area contributed by atoms with Crippen LogP contribution < -0.4 is 11.1 Å². The maximum Gasteiger partial charge on any atom is 0.227 e. The number of nitrogens with two attached hydrogens (primary N) is 1. The van der Waals surface area contributed by atoms with E-state index in [2.05, 4.69) is 5.32 Å². The van der Waals surface area contributed by atoms with Gasteiger partial charge >= 0.3 is 0 Å². The van der Waals surface area contributed by atoms with Crippen molar-refractivity contribution in [2.45, 2.75) is 39.5 Å². The Hall–Kier alpha value is -0.620. The molecule has 0 bridgehead atoms. The molecule has 0 saturated carbocycles. The Morgan fingerprint density at radius 3 is 2.06 bits per heavy atom. The SMILES string of the molecule is CCCC(CN)(CCC)C(=O)NCCS(C)(=O)=O. The normalized spacial score (nSPS) is 12.4. The standard InChI is InChI=1S/C12H26N2O3S/c1-4-6-12(10-13,7-5-2)11(15)14-8-9-18(3,16)17/h4-10,13H2,1-3H3,(H,14,15). The van der Waals surface area contributed by atoms with E-state index in [9.17, 15) is 13.2 Å². The molecule has 0 aliphatic carbocycles. The van der Waals surface area contributed by atoms with E-state index in [0.29, 0.717) is 6.54 Å². The molecule has 18 heavy (non-hydrogen) atoms. The number of carbonyl (C=O) groups is 1. The first-order valence-electron chi connectivity index (χ1n) is 6.47. The minimum atomic E-state index is -3.04. The Morgan fingerprint density at radius 1 is 1.22 bits per heavy atom. The van der Waals surface area contributed by atoms with Crippen LogP contribution in [0.1, 0.15) is 39.5 Å². The van der Waals surface area contributed by atoms with Crippen LogP contribution in [0.5, 0.6) is 0 Å². The van der Waals surface area contributed by atoms with Gasteiger partial charge in [-0.3, -0.25) is 4.79 Å². The molecule has 0 aromatic heterocycles. The highest BCUT2D eigenvalue weighted by molar-refractivity contribution is 7.90. The van der Waals surface area contributed by atoms with Gasteiger partial charge in [0.25, 0.3) is 0 Å². The van der Waals surface area contributed by atoms with E-state index in [4.69, 9.17) is 5.73 Å². The molecule has 0 spiro atoms. The highest BCUT2D eigenvalue weighted by Gasteiger charge is 2.34. The summed E-state index contributed by atoms with van der Waals surface area (Å²) in [7, 11) is -3.04. The Balaban J connectivity index is 4.55. The van der Waals surface area contributed by atoms with Gasteiger partial charge in [0, 0.05) is 19.3 Å². The maximum absolute atomic E-state index is 12.2. The summed E-state index contributed by atoms with van der Waals surface area (Å²) in [4.78, 5) is 12.2. The quantitative estimate of drug-likeness (QED) is 0.649. The summed E-state index contributed by atoms with van der Waals surface area (Å²) >= 11 is 0. The van der Waals surface area contributed by atoms with Crippen LogP contribution in [0.15, 0.2) is 0 Å². The maximum atomic E-state index is 12.2. The molecule has 0 radical (unpaired) electrons. The predicted octanol–water partition coefficient (Wildman–Crippen LogP) is 0.693. The number of carbonyl (C=O) groups excluding carboxylic acids is 1.